The van der Waals surface area contributed by atoms with Gasteiger partial charge >= 0.3 is 0 Å². The molecule has 1 N–H and O–H groups in total. The van der Waals surface area contributed by atoms with E-state index in [4.69, 9.17) is 0 Å². The van der Waals surface area contributed by atoms with Crippen LogP contribution < -0.4 is 10.2 Å². The van der Waals surface area contributed by atoms with Crippen molar-refractivity contribution >= 4 is 17.0 Å². The molecule has 1 saturated heterocycles. The molecule has 0 saturated carbocycles. The van der Waals surface area contributed by atoms with Gasteiger partial charge in [-0.15, -0.1) is 11.3 Å². The van der Waals surface area contributed by atoms with Gasteiger partial charge in [0.2, 0.25) is 0 Å². The van der Waals surface area contributed by atoms with E-state index >= 15 is 0 Å². The molecule has 3 heterocycles. The van der Waals surface area contributed by atoms with E-state index in [1.165, 1.54) is 23.4 Å². The number of piperidine rings is 1. The summed E-state index contributed by atoms with van der Waals surface area (Å²) in [5.74, 6) is 0. The van der Waals surface area contributed by atoms with Gasteiger partial charge in [0.05, 0.1) is 5.51 Å². The van der Waals surface area contributed by atoms with Crippen molar-refractivity contribution in [3.05, 3.63) is 41.1 Å². The lowest BCUT2D eigenvalue weighted by Gasteiger charge is -2.33. The van der Waals surface area contributed by atoms with Crippen LogP contribution in [-0.4, -0.2) is 29.1 Å². The molecule has 5 heteroatoms. The zero-order valence-corrected chi connectivity index (χ0v) is 11.6. The van der Waals surface area contributed by atoms with Crippen LogP contribution >= 0.6 is 11.3 Å². The molecule has 1 fully saturated rings. The molecule has 0 bridgehead atoms. The lowest BCUT2D eigenvalue weighted by molar-refractivity contribution is 0.415. The van der Waals surface area contributed by atoms with Crippen molar-refractivity contribution in [2.75, 3.05) is 18.0 Å². The summed E-state index contributed by atoms with van der Waals surface area (Å²) >= 11 is 1.72. The molecule has 100 valence electrons. The first kappa shape index (κ1) is 12.6. The van der Waals surface area contributed by atoms with Crippen molar-refractivity contribution in [3.63, 3.8) is 0 Å². The van der Waals surface area contributed by atoms with Crippen molar-refractivity contribution in [3.8, 4) is 0 Å². The van der Waals surface area contributed by atoms with Gasteiger partial charge < -0.3 is 10.2 Å². The van der Waals surface area contributed by atoms with Crippen LogP contribution in [0.5, 0.6) is 0 Å². The van der Waals surface area contributed by atoms with Crippen LogP contribution in [-0.2, 0) is 6.54 Å². The lowest BCUT2D eigenvalue weighted by Crippen LogP contribution is -2.42. The fourth-order valence-corrected chi connectivity index (χ4v) is 3.02. The summed E-state index contributed by atoms with van der Waals surface area (Å²) in [6.45, 7) is 3.18. The molecule has 0 unspecified atom stereocenters. The van der Waals surface area contributed by atoms with E-state index < -0.39 is 0 Å². The Morgan fingerprint density at radius 1 is 1.21 bits per heavy atom. The second-order valence-corrected chi connectivity index (χ2v) is 5.79. The van der Waals surface area contributed by atoms with E-state index in [-0.39, 0.29) is 0 Å². The zero-order valence-electron chi connectivity index (χ0n) is 10.8. The van der Waals surface area contributed by atoms with Crippen LogP contribution in [0.15, 0.2) is 36.2 Å². The summed E-state index contributed by atoms with van der Waals surface area (Å²) in [5, 5.41) is 3.63. The number of hydrogen-bond acceptors (Lipinski definition) is 5. The minimum atomic E-state index is 0.625. The average molecular weight is 274 g/mol. The maximum atomic E-state index is 4.10. The van der Waals surface area contributed by atoms with Crippen LogP contribution in [0.4, 0.5) is 5.69 Å². The van der Waals surface area contributed by atoms with Crippen molar-refractivity contribution in [2.45, 2.75) is 25.4 Å². The molecule has 1 aliphatic rings. The summed E-state index contributed by atoms with van der Waals surface area (Å²) in [5.41, 5.74) is 3.18. The Labute approximate surface area is 117 Å². The maximum absolute atomic E-state index is 4.10. The van der Waals surface area contributed by atoms with Crippen molar-refractivity contribution in [2.24, 2.45) is 0 Å². The second-order valence-electron chi connectivity index (χ2n) is 4.82. The van der Waals surface area contributed by atoms with Crippen LogP contribution in [0.1, 0.15) is 17.7 Å². The van der Waals surface area contributed by atoms with Crippen molar-refractivity contribution < 1.29 is 0 Å². The van der Waals surface area contributed by atoms with Crippen molar-refractivity contribution in [1.29, 1.82) is 0 Å². The van der Waals surface area contributed by atoms with Gasteiger partial charge in [-0.25, -0.2) is 0 Å². The third-order valence-electron chi connectivity index (χ3n) is 3.57. The number of aromatic nitrogens is 2. The SMILES string of the molecule is c1cc(N2CCC(NCc3cncs3)CC2)ccn1. The average Bonchev–Trinajstić information content (AvgIpc) is 3.00. The third-order valence-corrected chi connectivity index (χ3v) is 4.35. The Morgan fingerprint density at radius 3 is 2.68 bits per heavy atom. The first-order valence-electron chi connectivity index (χ1n) is 6.67. The highest BCUT2D eigenvalue weighted by Crippen LogP contribution is 2.19. The second kappa shape index (κ2) is 6.12. The van der Waals surface area contributed by atoms with Gasteiger partial charge in [0.1, 0.15) is 0 Å². The highest BCUT2D eigenvalue weighted by atomic mass is 32.1. The van der Waals surface area contributed by atoms with Gasteiger partial charge in [-0.05, 0) is 25.0 Å². The minimum Gasteiger partial charge on any atom is -0.371 e. The van der Waals surface area contributed by atoms with E-state index in [0.29, 0.717) is 6.04 Å². The Balaban J connectivity index is 1.47. The maximum Gasteiger partial charge on any atom is 0.0794 e. The van der Waals surface area contributed by atoms with E-state index in [9.17, 15) is 0 Å². The van der Waals surface area contributed by atoms with Gasteiger partial charge in [0, 0.05) is 54.8 Å². The summed E-state index contributed by atoms with van der Waals surface area (Å²) in [7, 11) is 0. The normalized spacial score (nSPS) is 16.7. The largest absolute Gasteiger partial charge is 0.371 e. The molecule has 0 aromatic carbocycles. The Bertz CT molecular complexity index is 477. The lowest BCUT2D eigenvalue weighted by atomic mass is 10.0. The fraction of sp³-hybridized carbons (Fsp3) is 0.429. The van der Waals surface area contributed by atoms with E-state index in [1.807, 2.05) is 24.1 Å². The monoisotopic (exact) mass is 274 g/mol. The highest BCUT2D eigenvalue weighted by Gasteiger charge is 2.18. The summed E-state index contributed by atoms with van der Waals surface area (Å²) in [6.07, 6.45) is 8.07. The summed E-state index contributed by atoms with van der Waals surface area (Å²) < 4.78 is 0. The molecule has 3 rings (SSSR count). The molecular weight excluding hydrogens is 256 g/mol. The van der Waals surface area contributed by atoms with E-state index in [1.54, 1.807) is 11.3 Å². The predicted octanol–water partition coefficient (Wildman–Crippen LogP) is 2.30. The van der Waals surface area contributed by atoms with E-state index in [2.05, 4.69) is 32.3 Å². The quantitative estimate of drug-likeness (QED) is 0.929. The Kier molecular flexibility index (Phi) is 4.05. The molecule has 0 amide bonds. The third kappa shape index (κ3) is 3.30. The van der Waals surface area contributed by atoms with Gasteiger partial charge in [-0.1, -0.05) is 0 Å². The first-order valence-corrected chi connectivity index (χ1v) is 7.55. The zero-order chi connectivity index (χ0) is 12.9. The Hall–Kier alpha value is -1.46. The first-order chi connectivity index (χ1) is 9.42. The van der Waals surface area contributed by atoms with Gasteiger partial charge in [-0.2, -0.15) is 0 Å². The molecule has 0 radical (unpaired) electrons. The predicted molar refractivity (Wildman–Crippen MR) is 78.4 cm³/mol. The molecule has 2 aromatic heterocycles. The van der Waals surface area contributed by atoms with Gasteiger partial charge in [-0.3, -0.25) is 9.97 Å². The van der Waals surface area contributed by atoms with Crippen LogP contribution in [0, 0.1) is 0 Å². The number of pyridine rings is 1. The smallest absolute Gasteiger partial charge is 0.0794 e. The Morgan fingerprint density at radius 2 is 2.00 bits per heavy atom. The molecule has 19 heavy (non-hydrogen) atoms. The van der Waals surface area contributed by atoms with Gasteiger partial charge in [0.15, 0.2) is 0 Å². The number of rotatable bonds is 4. The summed E-state index contributed by atoms with van der Waals surface area (Å²) in [4.78, 5) is 11.9. The standard InChI is InChI=1S/C14H18N4S/c1-5-15-6-2-13(1)18-7-3-12(4-8-18)17-10-14-9-16-11-19-14/h1-2,5-6,9,11-12,17H,3-4,7-8,10H2. The molecular formula is C14H18N4S. The molecule has 0 spiro atoms. The van der Waals surface area contributed by atoms with Crippen LogP contribution in [0.25, 0.3) is 0 Å². The van der Waals surface area contributed by atoms with Crippen molar-refractivity contribution in [1.82, 2.24) is 15.3 Å². The summed E-state index contributed by atoms with van der Waals surface area (Å²) in [6, 6.07) is 4.80. The molecule has 4 nitrogen and oxygen atoms in total. The molecule has 0 atom stereocenters. The van der Waals surface area contributed by atoms with Crippen LogP contribution in [0.2, 0.25) is 0 Å². The number of nitrogens with zero attached hydrogens (tertiary/aromatic N) is 3. The number of nitrogens with one attached hydrogen (secondary N) is 1. The topological polar surface area (TPSA) is 41.0 Å². The fourth-order valence-electron chi connectivity index (χ4n) is 2.47. The minimum absolute atomic E-state index is 0.625. The van der Waals surface area contributed by atoms with Crippen LogP contribution in [0.3, 0.4) is 0 Å². The number of thiazole rings is 1. The van der Waals surface area contributed by atoms with Gasteiger partial charge in [0.25, 0.3) is 0 Å². The molecule has 2 aromatic rings. The number of anilines is 1. The molecule has 0 aliphatic carbocycles. The highest BCUT2D eigenvalue weighted by molar-refractivity contribution is 7.09. The molecule has 1 aliphatic heterocycles. The number of hydrogen-bond donors (Lipinski definition) is 1. The van der Waals surface area contributed by atoms with E-state index in [0.717, 1.165) is 19.6 Å².